The van der Waals surface area contributed by atoms with Crippen LogP contribution < -0.4 is 5.69 Å². The van der Waals surface area contributed by atoms with Crippen LogP contribution in [-0.2, 0) is 0 Å². The van der Waals surface area contributed by atoms with Crippen LogP contribution >= 0.6 is 0 Å². The monoisotopic (exact) mass is 588 g/mol. The fourth-order valence-electron chi connectivity index (χ4n) is 7.10. The number of imidazole rings is 1. The van der Waals surface area contributed by atoms with Crippen LogP contribution in [0.1, 0.15) is 0 Å². The van der Waals surface area contributed by atoms with Crippen molar-refractivity contribution in [1.82, 2.24) is 9.13 Å². The van der Waals surface area contributed by atoms with E-state index in [9.17, 15) is 4.79 Å². The Morgan fingerprint density at radius 2 is 0.783 bits per heavy atom. The maximum atomic E-state index is 14.2. The molecule has 0 N–H and O–H groups in total. The number of para-hydroxylation sites is 2. The van der Waals surface area contributed by atoms with E-state index in [0.29, 0.717) is 0 Å². The van der Waals surface area contributed by atoms with Crippen molar-refractivity contribution in [3.8, 4) is 33.6 Å². The molecule has 0 unspecified atom stereocenters. The lowest BCUT2D eigenvalue weighted by Gasteiger charge is -2.18. The van der Waals surface area contributed by atoms with Crippen LogP contribution in [0.4, 0.5) is 0 Å². The van der Waals surface area contributed by atoms with Gasteiger partial charge in [-0.15, -0.1) is 0 Å². The van der Waals surface area contributed by atoms with E-state index in [2.05, 4.69) is 109 Å². The molecule has 0 bridgehead atoms. The van der Waals surface area contributed by atoms with Crippen molar-refractivity contribution in [2.75, 3.05) is 0 Å². The van der Waals surface area contributed by atoms with Crippen LogP contribution in [0.5, 0.6) is 0 Å². The van der Waals surface area contributed by atoms with Crippen molar-refractivity contribution in [3.05, 3.63) is 180 Å². The Bertz CT molecular complexity index is 2590. The van der Waals surface area contributed by atoms with Gasteiger partial charge in [-0.2, -0.15) is 0 Å². The molecule has 0 spiro atoms. The molecule has 0 fully saturated rings. The molecule has 46 heavy (non-hydrogen) atoms. The zero-order valence-electron chi connectivity index (χ0n) is 25.0. The zero-order chi connectivity index (χ0) is 30.6. The Balaban J connectivity index is 1.36. The van der Waals surface area contributed by atoms with E-state index in [1.165, 1.54) is 43.4 Å². The first-order valence-corrected chi connectivity index (χ1v) is 15.6. The first kappa shape index (κ1) is 26.2. The van der Waals surface area contributed by atoms with Gasteiger partial charge in [-0.3, -0.25) is 9.13 Å². The van der Waals surface area contributed by atoms with E-state index in [1.807, 2.05) is 69.8 Å². The van der Waals surface area contributed by atoms with E-state index < -0.39 is 0 Å². The van der Waals surface area contributed by atoms with E-state index in [4.69, 9.17) is 0 Å². The third-order valence-electron chi connectivity index (χ3n) is 9.13. The van der Waals surface area contributed by atoms with Crippen LogP contribution in [0, 0.1) is 0 Å². The molecular formula is C43H28N2O. The van der Waals surface area contributed by atoms with Gasteiger partial charge in [-0.05, 0) is 97.0 Å². The van der Waals surface area contributed by atoms with Gasteiger partial charge in [0.15, 0.2) is 0 Å². The van der Waals surface area contributed by atoms with E-state index in [1.54, 1.807) is 0 Å². The number of benzene rings is 8. The molecule has 9 aromatic rings. The van der Waals surface area contributed by atoms with Gasteiger partial charge in [0.25, 0.3) is 0 Å². The number of fused-ring (bicyclic) bond motifs is 4. The summed E-state index contributed by atoms with van der Waals surface area (Å²) in [5, 5.41) is 7.23. The predicted octanol–water partition coefficient (Wildman–Crippen LogP) is 10.6. The fourth-order valence-corrected chi connectivity index (χ4v) is 7.10. The van der Waals surface area contributed by atoms with Gasteiger partial charge in [0.05, 0.1) is 22.4 Å². The lowest BCUT2D eigenvalue weighted by Crippen LogP contribution is -2.21. The molecule has 0 saturated heterocycles. The highest BCUT2D eigenvalue weighted by Crippen LogP contribution is 2.44. The normalized spacial score (nSPS) is 11.6. The summed E-state index contributed by atoms with van der Waals surface area (Å²) in [6.45, 7) is 0. The highest BCUT2D eigenvalue weighted by atomic mass is 16.1. The Kier molecular flexibility index (Phi) is 5.97. The summed E-state index contributed by atoms with van der Waals surface area (Å²) in [5.41, 5.74) is 7.99. The van der Waals surface area contributed by atoms with Crippen LogP contribution in [0.2, 0.25) is 0 Å². The second-order valence-electron chi connectivity index (χ2n) is 11.7. The first-order valence-electron chi connectivity index (χ1n) is 15.6. The first-order chi connectivity index (χ1) is 22.8. The third-order valence-corrected chi connectivity index (χ3v) is 9.13. The summed E-state index contributed by atoms with van der Waals surface area (Å²) in [6.07, 6.45) is 0. The summed E-state index contributed by atoms with van der Waals surface area (Å²) < 4.78 is 3.64. The van der Waals surface area contributed by atoms with Crippen molar-refractivity contribution in [3.63, 3.8) is 0 Å². The maximum Gasteiger partial charge on any atom is 0.338 e. The number of aromatic nitrogens is 2. The minimum Gasteiger partial charge on any atom is -0.260 e. The number of hydrogen-bond acceptors (Lipinski definition) is 1. The van der Waals surface area contributed by atoms with Crippen molar-refractivity contribution >= 4 is 43.4 Å². The maximum absolute atomic E-state index is 14.2. The van der Waals surface area contributed by atoms with Crippen LogP contribution in [0.3, 0.4) is 0 Å². The highest BCUT2D eigenvalue weighted by Gasteiger charge is 2.20. The Hall–Kier alpha value is -6.19. The molecule has 0 radical (unpaired) electrons. The SMILES string of the molecule is O=c1n(-c2ccccc2)c2ccc(-c3c4ccccc4c(-c4ccc5ccccc5c4)c4ccccc34)cc2n1-c1ccccc1. The smallest absolute Gasteiger partial charge is 0.260 e. The summed E-state index contributed by atoms with van der Waals surface area (Å²) >= 11 is 0. The van der Waals surface area contributed by atoms with E-state index in [0.717, 1.165) is 33.5 Å². The topological polar surface area (TPSA) is 26.9 Å². The van der Waals surface area contributed by atoms with Gasteiger partial charge in [-0.25, -0.2) is 4.79 Å². The lowest BCUT2D eigenvalue weighted by atomic mass is 9.85. The summed E-state index contributed by atoms with van der Waals surface area (Å²) in [4.78, 5) is 14.2. The minimum atomic E-state index is -0.0917. The average molecular weight is 589 g/mol. The largest absolute Gasteiger partial charge is 0.338 e. The third kappa shape index (κ3) is 4.03. The van der Waals surface area contributed by atoms with Crippen molar-refractivity contribution < 1.29 is 0 Å². The molecule has 3 heteroatoms. The molecule has 1 heterocycles. The standard InChI is InChI=1S/C43H28N2O/c46-43-44(33-15-3-1-4-16-33)39-26-25-32(28-40(39)45(43)34-17-5-2-6-18-34)42-37-21-11-9-19-35(37)41(36-20-10-12-22-38(36)42)31-24-23-29-13-7-8-14-30(29)27-31/h1-28H. The van der Waals surface area contributed by atoms with E-state index in [-0.39, 0.29) is 5.69 Å². The van der Waals surface area contributed by atoms with Gasteiger partial charge in [-0.1, -0.05) is 127 Å². The zero-order valence-corrected chi connectivity index (χ0v) is 25.0. The fraction of sp³-hybridized carbons (Fsp3) is 0. The Morgan fingerprint density at radius 3 is 1.35 bits per heavy atom. The number of rotatable bonds is 4. The second-order valence-corrected chi connectivity index (χ2v) is 11.7. The van der Waals surface area contributed by atoms with Crippen molar-refractivity contribution in [2.24, 2.45) is 0 Å². The molecule has 0 aliphatic rings. The van der Waals surface area contributed by atoms with Gasteiger partial charge in [0.1, 0.15) is 0 Å². The van der Waals surface area contributed by atoms with Crippen molar-refractivity contribution in [1.29, 1.82) is 0 Å². The molecule has 0 aliphatic carbocycles. The molecule has 216 valence electrons. The highest BCUT2D eigenvalue weighted by molar-refractivity contribution is 6.22. The molecule has 0 atom stereocenters. The summed E-state index contributed by atoms with van der Waals surface area (Å²) in [6, 6.07) is 59.0. The van der Waals surface area contributed by atoms with Crippen LogP contribution in [0.15, 0.2) is 175 Å². The summed E-state index contributed by atoms with van der Waals surface area (Å²) in [7, 11) is 0. The molecule has 0 amide bonds. The minimum absolute atomic E-state index is 0.0917. The molecule has 8 aromatic carbocycles. The van der Waals surface area contributed by atoms with Crippen LogP contribution in [-0.4, -0.2) is 9.13 Å². The second kappa shape index (κ2) is 10.5. The molecule has 1 aromatic heterocycles. The van der Waals surface area contributed by atoms with Crippen molar-refractivity contribution in [2.45, 2.75) is 0 Å². The van der Waals surface area contributed by atoms with Crippen LogP contribution in [0.25, 0.3) is 77.0 Å². The quantitative estimate of drug-likeness (QED) is 0.188. The average Bonchev–Trinajstić information content (AvgIpc) is 3.41. The number of nitrogens with zero attached hydrogens (tertiary/aromatic N) is 2. The predicted molar refractivity (Wildman–Crippen MR) is 192 cm³/mol. The van der Waals surface area contributed by atoms with Gasteiger partial charge >= 0.3 is 5.69 Å². The molecule has 9 rings (SSSR count). The molecular weight excluding hydrogens is 560 g/mol. The summed E-state index contributed by atoms with van der Waals surface area (Å²) in [5.74, 6) is 0. The molecule has 0 saturated carbocycles. The van der Waals surface area contributed by atoms with Gasteiger partial charge in [0, 0.05) is 0 Å². The van der Waals surface area contributed by atoms with Gasteiger partial charge < -0.3 is 0 Å². The lowest BCUT2D eigenvalue weighted by molar-refractivity contribution is 0.931. The Morgan fingerprint density at radius 1 is 0.348 bits per heavy atom. The van der Waals surface area contributed by atoms with E-state index >= 15 is 0 Å². The molecule has 3 nitrogen and oxygen atoms in total. The Labute approximate surface area is 265 Å². The molecule has 0 aliphatic heterocycles. The van der Waals surface area contributed by atoms with Gasteiger partial charge in [0.2, 0.25) is 0 Å². The number of hydrogen-bond donors (Lipinski definition) is 0.